The molecule has 0 aromatic carbocycles. The molecule has 5 nitrogen and oxygen atoms in total. The minimum absolute atomic E-state index is 0.0478. The molecule has 0 spiro atoms. The average Bonchev–Trinajstić information content (AvgIpc) is 3.06. The van der Waals surface area contributed by atoms with Crippen LogP contribution in [0.3, 0.4) is 0 Å². The lowest BCUT2D eigenvalue weighted by molar-refractivity contribution is -0.128. The monoisotopic (exact) mass is 427 g/mol. The number of nitrogens with zero attached hydrogens (tertiary/aromatic N) is 3. The average molecular weight is 428 g/mol. The first-order valence-electron chi connectivity index (χ1n) is 12.3. The first kappa shape index (κ1) is 22.7. The Morgan fingerprint density at radius 2 is 1.84 bits per heavy atom. The van der Waals surface area contributed by atoms with Crippen molar-refractivity contribution in [2.75, 3.05) is 6.54 Å². The molecule has 0 amide bonds. The van der Waals surface area contributed by atoms with Crippen LogP contribution in [0, 0.1) is 34.5 Å². The Balaban J connectivity index is 1.56. The molecule has 4 aliphatic rings. The van der Waals surface area contributed by atoms with Crippen LogP contribution >= 0.6 is 0 Å². The standard InChI is InChI=1S/C26H41N3O2/c1-6-27-29(28-7-2)17-23(30)22-11-10-20-19-9-8-18-16-24(3,31)14-15-25(18,4)21(19)12-13-26(20,22)5/h6-7,12,18-20,22,31H,8-11,13-17H2,1-5H3/b27-6-,28-7-/t18-,19+,20+,22-,24-,25+,26+/m1/s1. The van der Waals surface area contributed by atoms with E-state index in [4.69, 9.17) is 0 Å². The minimum Gasteiger partial charge on any atom is -0.390 e. The van der Waals surface area contributed by atoms with E-state index in [2.05, 4.69) is 30.1 Å². The molecule has 0 saturated heterocycles. The lowest BCUT2D eigenvalue weighted by Gasteiger charge is -2.58. The van der Waals surface area contributed by atoms with Crippen molar-refractivity contribution < 1.29 is 9.90 Å². The van der Waals surface area contributed by atoms with Crippen LogP contribution in [0.15, 0.2) is 21.9 Å². The molecular weight excluding hydrogens is 386 g/mol. The number of hydrogen-bond donors (Lipinski definition) is 1. The van der Waals surface area contributed by atoms with Crippen molar-refractivity contribution in [3.8, 4) is 0 Å². The van der Waals surface area contributed by atoms with Gasteiger partial charge in [0, 0.05) is 18.3 Å². The third-order valence-electron chi connectivity index (χ3n) is 9.50. The molecule has 0 aromatic heterocycles. The molecule has 1 N–H and O–H groups in total. The van der Waals surface area contributed by atoms with Crippen LogP contribution in [0.1, 0.15) is 86.0 Å². The second-order valence-electron chi connectivity index (χ2n) is 11.3. The number of hydrazone groups is 2. The number of allylic oxidation sites excluding steroid dienone is 2. The molecule has 172 valence electrons. The summed E-state index contributed by atoms with van der Waals surface area (Å²) in [5.74, 6) is 2.18. The number of fused-ring (bicyclic) bond motifs is 5. The summed E-state index contributed by atoms with van der Waals surface area (Å²) in [7, 11) is 0. The van der Waals surface area contributed by atoms with Crippen LogP contribution in [-0.2, 0) is 4.79 Å². The van der Waals surface area contributed by atoms with E-state index in [9.17, 15) is 9.90 Å². The summed E-state index contributed by atoms with van der Waals surface area (Å²) in [4.78, 5) is 13.4. The second kappa shape index (κ2) is 8.13. The first-order chi connectivity index (χ1) is 14.6. The maximum atomic E-state index is 13.4. The molecule has 0 bridgehead atoms. The molecule has 0 aromatic rings. The third kappa shape index (κ3) is 3.81. The molecular formula is C26H41N3O2. The summed E-state index contributed by atoms with van der Waals surface area (Å²) in [6, 6.07) is 0. The van der Waals surface area contributed by atoms with Gasteiger partial charge < -0.3 is 5.11 Å². The van der Waals surface area contributed by atoms with Crippen LogP contribution in [-0.4, -0.2) is 40.6 Å². The molecule has 31 heavy (non-hydrogen) atoms. The Labute approximate surface area is 188 Å². The topological polar surface area (TPSA) is 65.3 Å². The number of carbonyl (C=O) groups excluding carboxylic acids is 1. The smallest absolute Gasteiger partial charge is 0.159 e. The van der Waals surface area contributed by atoms with E-state index in [-0.39, 0.29) is 29.1 Å². The SMILES string of the molecule is C/C=N\N(CC(=O)[C@H]1CC[C@H]2[C@@H]3CC[C@@H]4C[C@](C)(O)CC[C@]4(C)C3=CC[C@]12C)/N=C\C. The van der Waals surface area contributed by atoms with Crippen molar-refractivity contribution in [3.63, 3.8) is 0 Å². The van der Waals surface area contributed by atoms with Gasteiger partial charge >= 0.3 is 0 Å². The molecule has 3 saturated carbocycles. The zero-order chi connectivity index (χ0) is 22.4. The predicted molar refractivity (Wildman–Crippen MR) is 126 cm³/mol. The van der Waals surface area contributed by atoms with Gasteiger partial charge in [0.25, 0.3) is 0 Å². The molecule has 3 fully saturated rings. The van der Waals surface area contributed by atoms with Crippen molar-refractivity contribution >= 4 is 18.2 Å². The fourth-order valence-corrected chi connectivity index (χ4v) is 7.86. The van der Waals surface area contributed by atoms with E-state index in [0.717, 1.165) is 38.5 Å². The van der Waals surface area contributed by atoms with Gasteiger partial charge in [-0.2, -0.15) is 15.3 Å². The fraction of sp³-hybridized carbons (Fsp3) is 0.808. The van der Waals surface area contributed by atoms with Gasteiger partial charge in [0.15, 0.2) is 5.78 Å². The number of aliphatic hydroxyl groups is 1. The molecule has 0 aliphatic heterocycles. The predicted octanol–water partition coefficient (Wildman–Crippen LogP) is 5.20. The normalized spacial score (nSPS) is 44.6. The van der Waals surface area contributed by atoms with Crippen molar-refractivity contribution in [2.45, 2.75) is 91.6 Å². The van der Waals surface area contributed by atoms with Gasteiger partial charge in [-0.05, 0) is 101 Å². The molecule has 0 unspecified atom stereocenters. The second-order valence-corrected chi connectivity index (χ2v) is 11.3. The zero-order valence-corrected chi connectivity index (χ0v) is 20.1. The van der Waals surface area contributed by atoms with Crippen LogP contribution in [0.2, 0.25) is 0 Å². The van der Waals surface area contributed by atoms with E-state index in [1.54, 1.807) is 18.0 Å². The molecule has 4 rings (SSSR count). The van der Waals surface area contributed by atoms with E-state index in [0.29, 0.717) is 17.8 Å². The Kier molecular flexibility index (Phi) is 5.95. The van der Waals surface area contributed by atoms with Gasteiger partial charge in [-0.25, -0.2) is 0 Å². The van der Waals surface area contributed by atoms with Crippen LogP contribution < -0.4 is 0 Å². The quantitative estimate of drug-likeness (QED) is 0.373. The van der Waals surface area contributed by atoms with Crippen LogP contribution in [0.4, 0.5) is 0 Å². The van der Waals surface area contributed by atoms with Crippen molar-refractivity contribution in [1.82, 2.24) is 5.12 Å². The minimum atomic E-state index is -0.501. The fourth-order valence-electron chi connectivity index (χ4n) is 7.86. The summed E-state index contributed by atoms with van der Waals surface area (Å²) in [6.07, 6.45) is 14.4. The van der Waals surface area contributed by atoms with Gasteiger partial charge in [0.2, 0.25) is 0 Å². The summed E-state index contributed by atoms with van der Waals surface area (Å²) >= 11 is 0. The summed E-state index contributed by atoms with van der Waals surface area (Å²) in [5.41, 5.74) is 1.45. The lowest BCUT2D eigenvalue weighted by Crippen LogP contribution is -2.51. The zero-order valence-electron chi connectivity index (χ0n) is 20.1. The summed E-state index contributed by atoms with van der Waals surface area (Å²) in [5, 5.41) is 20.7. The van der Waals surface area contributed by atoms with Crippen molar-refractivity contribution in [3.05, 3.63) is 11.6 Å². The number of Topliss-reactive ketones (excluding diaryl/α,β-unsaturated/α-hetero) is 1. The highest BCUT2D eigenvalue weighted by Gasteiger charge is 2.59. The molecule has 7 atom stereocenters. The van der Waals surface area contributed by atoms with Gasteiger partial charge in [0.1, 0.15) is 6.54 Å². The van der Waals surface area contributed by atoms with Gasteiger partial charge in [-0.15, -0.1) is 0 Å². The summed E-state index contributed by atoms with van der Waals surface area (Å²) in [6.45, 7) is 10.8. The van der Waals surface area contributed by atoms with E-state index >= 15 is 0 Å². The highest BCUT2D eigenvalue weighted by atomic mass is 16.3. The van der Waals surface area contributed by atoms with Gasteiger partial charge in [0.05, 0.1) is 5.60 Å². The number of hydrogen-bond acceptors (Lipinski definition) is 5. The number of carbonyl (C=O) groups is 1. The number of rotatable bonds is 5. The maximum absolute atomic E-state index is 13.4. The lowest BCUT2D eigenvalue weighted by atomic mass is 9.47. The molecule has 5 heteroatoms. The molecule has 0 radical (unpaired) electrons. The third-order valence-corrected chi connectivity index (χ3v) is 9.50. The Hall–Kier alpha value is -1.49. The Morgan fingerprint density at radius 3 is 2.52 bits per heavy atom. The van der Waals surface area contributed by atoms with E-state index in [1.165, 1.54) is 18.0 Å². The van der Waals surface area contributed by atoms with Crippen molar-refractivity contribution in [2.24, 2.45) is 44.7 Å². The van der Waals surface area contributed by atoms with E-state index < -0.39 is 5.60 Å². The Bertz CT molecular complexity index is 788. The van der Waals surface area contributed by atoms with Crippen molar-refractivity contribution in [1.29, 1.82) is 0 Å². The first-order valence-corrected chi connectivity index (χ1v) is 12.3. The highest BCUT2D eigenvalue weighted by molar-refractivity contribution is 5.84. The molecule has 0 heterocycles. The number of ketones is 1. The van der Waals surface area contributed by atoms with E-state index in [1.807, 2.05) is 20.8 Å². The summed E-state index contributed by atoms with van der Waals surface area (Å²) < 4.78 is 0. The Morgan fingerprint density at radius 1 is 1.13 bits per heavy atom. The van der Waals surface area contributed by atoms with Crippen LogP contribution in [0.25, 0.3) is 0 Å². The highest BCUT2D eigenvalue weighted by Crippen LogP contribution is 2.66. The van der Waals surface area contributed by atoms with Crippen LogP contribution in [0.5, 0.6) is 0 Å². The largest absolute Gasteiger partial charge is 0.390 e. The maximum Gasteiger partial charge on any atom is 0.159 e. The molecule has 4 aliphatic carbocycles. The van der Waals surface area contributed by atoms with Gasteiger partial charge in [-0.1, -0.05) is 25.5 Å². The van der Waals surface area contributed by atoms with Gasteiger partial charge in [-0.3, -0.25) is 4.79 Å².